The van der Waals surface area contributed by atoms with Crippen LogP contribution in [0.15, 0.2) is 48.5 Å². The van der Waals surface area contributed by atoms with Crippen LogP contribution < -0.4 is 4.90 Å². The van der Waals surface area contributed by atoms with Crippen LogP contribution in [0.3, 0.4) is 0 Å². The number of hydrogen-bond donors (Lipinski definition) is 0. The van der Waals surface area contributed by atoms with Gasteiger partial charge in [0.15, 0.2) is 0 Å². The van der Waals surface area contributed by atoms with Gasteiger partial charge in [-0.1, -0.05) is 41.9 Å². The Morgan fingerprint density at radius 2 is 1.73 bits per heavy atom. The molecular weight excluding hydrogens is 416 g/mol. The van der Waals surface area contributed by atoms with Crippen molar-refractivity contribution >= 4 is 55.9 Å². The average Bonchev–Trinajstić information content (AvgIpc) is 3.32. The van der Waals surface area contributed by atoms with Gasteiger partial charge in [-0.05, 0) is 32.0 Å². The molecule has 3 heterocycles. The zero-order chi connectivity index (χ0) is 20.8. The third kappa shape index (κ3) is 3.15. The smallest absolute Gasteiger partial charge is 0.265 e. The minimum absolute atomic E-state index is 0.0261. The summed E-state index contributed by atoms with van der Waals surface area (Å²) < 4.78 is 3.34. The van der Waals surface area contributed by atoms with Crippen LogP contribution in [0, 0.1) is 0 Å². The number of carbonyl (C=O) groups excluding carboxylic acids is 1. The molecule has 0 saturated carbocycles. The van der Waals surface area contributed by atoms with Gasteiger partial charge in [-0.3, -0.25) is 4.79 Å². The Labute approximate surface area is 184 Å². The van der Waals surface area contributed by atoms with Crippen molar-refractivity contribution in [2.75, 3.05) is 31.1 Å². The molecule has 7 heteroatoms. The van der Waals surface area contributed by atoms with E-state index in [0.29, 0.717) is 29.0 Å². The summed E-state index contributed by atoms with van der Waals surface area (Å²) in [6.07, 6.45) is 0. The largest absolute Gasteiger partial charge is 0.339 e. The van der Waals surface area contributed by atoms with E-state index in [0.717, 1.165) is 40.2 Å². The number of anilines is 1. The number of nitrogens with zero attached hydrogens (tertiary/aromatic N) is 4. The molecule has 0 atom stereocenters. The monoisotopic (exact) mass is 438 g/mol. The second-order valence-electron chi connectivity index (χ2n) is 7.88. The van der Waals surface area contributed by atoms with Crippen LogP contribution in [-0.4, -0.2) is 46.5 Å². The van der Waals surface area contributed by atoms with Gasteiger partial charge < -0.3 is 14.4 Å². The fourth-order valence-corrected chi connectivity index (χ4v) is 5.65. The lowest BCUT2D eigenvalue weighted by atomic mass is 10.2. The lowest BCUT2D eigenvalue weighted by Crippen LogP contribution is -2.49. The normalized spacial score (nSPS) is 14.9. The predicted octanol–water partition coefficient (Wildman–Crippen LogP) is 5.45. The van der Waals surface area contributed by atoms with E-state index in [1.807, 2.05) is 35.2 Å². The van der Waals surface area contributed by atoms with Crippen molar-refractivity contribution < 1.29 is 4.79 Å². The number of rotatable bonds is 3. The fourth-order valence-electron chi connectivity index (χ4n) is 4.17. The highest BCUT2D eigenvalue weighted by atomic mass is 35.5. The SMILES string of the molecule is CC(C)n1c(N2CCN(C(=O)c3sc4ccccc4c3Cl)CC2)nc2ccccc21. The van der Waals surface area contributed by atoms with E-state index in [1.54, 1.807) is 0 Å². The van der Waals surface area contributed by atoms with Crippen molar-refractivity contribution in [3.63, 3.8) is 0 Å². The van der Waals surface area contributed by atoms with Crippen LogP contribution in [0.5, 0.6) is 0 Å². The van der Waals surface area contributed by atoms with Crippen molar-refractivity contribution in [1.29, 1.82) is 0 Å². The molecular formula is C23H23ClN4OS. The third-order valence-corrected chi connectivity index (χ3v) is 7.34. The quantitative estimate of drug-likeness (QED) is 0.427. The number of piperazine rings is 1. The molecule has 0 unspecified atom stereocenters. The maximum absolute atomic E-state index is 13.2. The van der Waals surface area contributed by atoms with Crippen molar-refractivity contribution in [2.45, 2.75) is 19.9 Å². The van der Waals surface area contributed by atoms with E-state index in [2.05, 4.69) is 41.5 Å². The molecule has 1 aliphatic rings. The third-order valence-electron chi connectivity index (χ3n) is 5.67. The molecule has 4 aromatic rings. The highest BCUT2D eigenvalue weighted by Gasteiger charge is 2.28. The number of halogens is 1. The van der Waals surface area contributed by atoms with Gasteiger partial charge >= 0.3 is 0 Å². The van der Waals surface area contributed by atoms with Crippen LogP contribution in [0.25, 0.3) is 21.1 Å². The van der Waals surface area contributed by atoms with E-state index < -0.39 is 0 Å². The molecule has 1 amide bonds. The first-order chi connectivity index (χ1) is 14.5. The Morgan fingerprint density at radius 1 is 1.03 bits per heavy atom. The summed E-state index contributed by atoms with van der Waals surface area (Å²) in [5, 5.41) is 1.53. The Balaban J connectivity index is 1.38. The molecule has 5 rings (SSSR count). The number of para-hydroxylation sites is 2. The molecule has 2 aromatic heterocycles. The van der Waals surface area contributed by atoms with Gasteiger partial charge in [0.25, 0.3) is 5.91 Å². The number of carbonyl (C=O) groups is 1. The van der Waals surface area contributed by atoms with Crippen LogP contribution in [0.1, 0.15) is 29.6 Å². The molecule has 1 fully saturated rings. The second-order valence-corrected chi connectivity index (χ2v) is 9.32. The zero-order valence-electron chi connectivity index (χ0n) is 17.0. The van der Waals surface area contributed by atoms with Crippen LogP contribution in [0.2, 0.25) is 5.02 Å². The number of aromatic nitrogens is 2. The average molecular weight is 439 g/mol. The van der Waals surface area contributed by atoms with Crippen molar-refractivity contribution in [3.8, 4) is 0 Å². The summed E-state index contributed by atoms with van der Waals surface area (Å²) in [6, 6.07) is 16.5. The van der Waals surface area contributed by atoms with Crippen LogP contribution >= 0.6 is 22.9 Å². The van der Waals surface area contributed by atoms with Gasteiger partial charge in [-0.25, -0.2) is 4.98 Å². The van der Waals surface area contributed by atoms with Gasteiger partial charge in [-0.2, -0.15) is 0 Å². The van der Waals surface area contributed by atoms with Gasteiger partial charge in [0.1, 0.15) is 4.88 Å². The first-order valence-electron chi connectivity index (χ1n) is 10.2. The van der Waals surface area contributed by atoms with E-state index in [-0.39, 0.29) is 5.91 Å². The lowest BCUT2D eigenvalue weighted by molar-refractivity contribution is 0.0751. The molecule has 0 bridgehead atoms. The van der Waals surface area contributed by atoms with Crippen molar-refractivity contribution in [1.82, 2.24) is 14.5 Å². The highest BCUT2D eigenvalue weighted by Crippen LogP contribution is 2.36. The van der Waals surface area contributed by atoms with E-state index in [1.165, 1.54) is 11.3 Å². The Bertz CT molecular complexity index is 1240. The molecule has 154 valence electrons. The Hall–Kier alpha value is -2.57. The molecule has 0 radical (unpaired) electrons. The van der Waals surface area contributed by atoms with Crippen LogP contribution in [-0.2, 0) is 0 Å². The molecule has 0 aliphatic carbocycles. The maximum atomic E-state index is 13.2. The molecule has 30 heavy (non-hydrogen) atoms. The van der Waals surface area contributed by atoms with Crippen molar-refractivity contribution in [2.24, 2.45) is 0 Å². The van der Waals surface area contributed by atoms with Gasteiger partial charge in [0.05, 0.1) is 16.1 Å². The summed E-state index contributed by atoms with van der Waals surface area (Å²) in [7, 11) is 0. The Kier molecular flexibility index (Phi) is 4.91. The topological polar surface area (TPSA) is 41.4 Å². The number of imidazole rings is 1. The summed E-state index contributed by atoms with van der Waals surface area (Å²) in [5.41, 5.74) is 2.16. The summed E-state index contributed by atoms with van der Waals surface area (Å²) in [4.78, 5) is 22.9. The highest BCUT2D eigenvalue weighted by molar-refractivity contribution is 7.21. The number of hydrogen-bond acceptors (Lipinski definition) is 4. The number of thiophene rings is 1. The van der Waals surface area contributed by atoms with Crippen molar-refractivity contribution in [3.05, 3.63) is 58.4 Å². The molecule has 0 N–H and O–H groups in total. The minimum atomic E-state index is 0.0261. The minimum Gasteiger partial charge on any atom is -0.339 e. The van der Waals surface area contributed by atoms with Gasteiger partial charge in [0.2, 0.25) is 5.95 Å². The molecule has 1 saturated heterocycles. The fraction of sp³-hybridized carbons (Fsp3) is 0.304. The summed E-state index contributed by atoms with van der Waals surface area (Å²) in [6.45, 7) is 7.19. The van der Waals surface area contributed by atoms with E-state index >= 15 is 0 Å². The van der Waals surface area contributed by atoms with Gasteiger partial charge in [0, 0.05) is 42.3 Å². The van der Waals surface area contributed by atoms with Gasteiger partial charge in [-0.15, -0.1) is 11.3 Å². The predicted molar refractivity (Wildman–Crippen MR) is 125 cm³/mol. The second kappa shape index (κ2) is 7.60. The number of benzene rings is 2. The first-order valence-corrected chi connectivity index (χ1v) is 11.4. The Morgan fingerprint density at radius 3 is 2.47 bits per heavy atom. The first kappa shape index (κ1) is 19.4. The number of amides is 1. The van der Waals surface area contributed by atoms with Crippen LogP contribution in [0.4, 0.5) is 5.95 Å². The van der Waals surface area contributed by atoms with E-state index in [4.69, 9.17) is 16.6 Å². The summed E-state index contributed by atoms with van der Waals surface area (Å²) >= 11 is 8.01. The maximum Gasteiger partial charge on any atom is 0.265 e. The summed E-state index contributed by atoms with van der Waals surface area (Å²) in [5.74, 6) is 1.01. The standard InChI is InChI=1S/C23H23ClN4OS/c1-15(2)28-18-9-5-4-8-17(18)25-23(28)27-13-11-26(12-14-27)22(29)21-20(24)16-7-3-6-10-19(16)30-21/h3-10,15H,11-14H2,1-2H3. The molecule has 0 spiro atoms. The molecule has 2 aromatic carbocycles. The molecule has 5 nitrogen and oxygen atoms in total. The lowest BCUT2D eigenvalue weighted by Gasteiger charge is -2.35. The number of fused-ring (bicyclic) bond motifs is 2. The van der Waals surface area contributed by atoms with E-state index in [9.17, 15) is 4.79 Å². The zero-order valence-corrected chi connectivity index (χ0v) is 18.6. The molecule has 1 aliphatic heterocycles.